The van der Waals surface area contributed by atoms with Crippen LogP contribution in [0.4, 0.5) is 23.0 Å². The zero-order chi connectivity index (χ0) is 16.7. The Morgan fingerprint density at radius 3 is 2.57 bits per heavy atom. The van der Waals surface area contributed by atoms with Crippen molar-refractivity contribution in [2.24, 2.45) is 0 Å². The van der Waals surface area contributed by atoms with Gasteiger partial charge in [-0.2, -0.15) is 0 Å². The molecule has 3 N–H and O–H groups in total. The Morgan fingerprint density at radius 2 is 1.91 bits per heavy atom. The van der Waals surface area contributed by atoms with Crippen LogP contribution in [-0.4, -0.2) is 30.2 Å². The maximum Gasteiger partial charge on any atom is 0.159 e. The summed E-state index contributed by atoms with van der Waals surface area (Å²) in [6, 6.07) is 7.70. The Kier molecular flexibility index (Phi) is 6.02. The van der Waals surface area contributed by atoms with Crippen molar-refractivity contribution in [2.75, 3.05) is 36.1 Å². The third-order valence-electron chi connectivity index (χ3n) is 3.50. The molecule has 23 heavy (non-hydrogen) atoms. The average Bonchev–Trinajstić information content (AvgIpc) is 2.56. The SMILES string of the molecule is CCCCN(C)c1ncnc(Nc2ccc(OCC)cc2)c1N. The van der Waals surface area contributed by atoms with Gasteiger partial charge in [0.2, 0.25) is 0 Å². The summed E-state index contributed by atoms with van der Waals surface area (Å²) in [6.07, 6.45) is 3.76. The highest BCUT2D eigenvalue weighted by Crippen LogP contribution is 2.28. The number of benzene rings is 1. The monoisotopic (exact) mass is 315 g/mol. The van der Waals surface area contributed by atoms with Crippen LogP contribution in [0.3, 0.4) is 0 Å². The standard InChI is InChI=1S/C17H25N5O/c1-4-6-11-22(3)17-15(18)16(19-12-20-17)21-13-7-9-14(10-8-13)23-5-2/h7-10,12H,4-6,11,18H2,1-3H3,(H,19,20,21). The molecule has 0 spiro atoms. The lowest BCUT2D eigenvalue weighted by Crippen LogP contribution is -2.21. The summed E-state index contributed by atoms with van der Waals surface area (Å²) in [6.45, 7) is 5.69. The first-order valence-corrected chi connectivity index (χ1v) is 7.97. The molecule has 0 amide bonds. The van der Waals surface area contributed by atoms with Crippen molar-refractivity contribution in [3.63, 3.8) is 0 Å². The van der Waals surface area contributed by atoms with E-state index in [2.05, 4.69) is 27.1 Å². The topological polar surface area (TPSA) is 76.3 Å². The fraction of sp³-hybridized carbons (Fsp3) is 0.412. The number of ether oxygens (including phenoxy) is 1. The van der Waals surface area contributed by atoms with Gasteiger partial charge in [-0.15, -0.1) is 0 Å². The van der Waals surface area contributed by atoms with E-state index in [0.717, 1.165) is 36.6 Å². The van der Waals surface area contributed by atoms with Crippen LogP contribution in [0.15, 0.2) is 30.6 Å². The van der Waals surface area contributed by atoms with Gasteiger partial charge in [-0.25, -0.2) is 9.97 Å². The van der Waals surface area contributed by atoms with Gasteiger partial charge in [-0.05, 0) is 37.6 Å². The molecule has 2 aromatic rings. The summed E-state index contributed by atoms with van der Waals surface area (Å²) < 4.78 is 5.44. The largest absolute Gasteiger partial charge is 0.494 e. The van der Waals surface area contributed by atoms with E-state index in [9.17, 15) is 0 Å². The molecule has 0 fully saturated rings. The number of nitrogens with zero attached hydrogens (tertiary/aromatic N) is 3. The third kappa shape index (κ3) is 4.48. The summed E-state index contributed by atoms with van der Waals surface area (Å²) in [4.78, 5) is 10.6. The van der Waals surface area contributed by atoms with E-state index < -0.39 is 0 Å². The van der Waals surface area contributed by atoms with Crippen LogP contribution in [-0.2, 0) is 0 Å². The van der Waals surface area contributed by atoms with Crippen molar-refractivity contribution >= 4 is 23.0 Å². The van der Waals surface area contributed by atoms with E-state index in [1.165, 1.54) is 6.33 Å². The molecule has 6 nitrogen and oxygen atoms in total. The molecule has 0 aliphatic carbocycles. The normalized spacial score (nSPS) is 10.4. The van der Waals surface area contributed by atoms with Crippen LogP contribution in [0.2, 0.25) is 0 Å². The van der Waals surface area contributed by atoms with Gasteiger partial charge in [-0.3, -0.25) is 0 Å². The Bertz CT molecular complexity index is 615. The summed E-state index contributed by atoms with van der Waals surface area (Å²) in [7, 11) is 2.00. The summed E-state index contributed by atoms with van der Waals surface area (Å²) >= 11 is 0. The molecule has 0 unspecified atom stereocenters. The van der Waals surface area contributed by atoms with Gasteiger partial charge >= 0.3 is 0 Å². The number of nitrogens with one attached hydrogen (secondary N) is 1. The zero-order valence-electron chi connectivity index (χ0n) is 14.0. The van der Waals surface area contributed by atoms with Crippen LogP contribution in [0.25, 0.3) is 0 Å². The molecule has 0 saturated carbocycles. The van der Waals surface area contributed by atoms with E-state index in [1.807, 2.05) is 38.2 Å². The number of hydrogen-bond donors (Lipinski definition) is 2. The van der Waals surface area contributed by atoms with Crippen molar-refractivity contribution < 1.29 is 4.74 Å². The van der Waals surface area contributed by atoms with E-state index >= 15 is 0 Å². The van der Waals surface area contributed by atoms with E-state index in [1.54, 1.807) is 0 Å². The Hall–Kier alpha value is -2.50. The van der Waals surface area contributed by atoms with Crippen molar-refractivity contribution in [3.05, 3.63) is 30.6 Å². The molecule has 1 heterocycles. The Morgan fingerprint density at radius 1 is 1.17 bits per heavy atom. The van der Waals surface area contributed by atoms with Crippen LogP contribution < -0.4 is 20.7 Å². The van der Waals surface area contributed by atoms with Gasteiger partial charge in [-0.1, -0.05) is 13.3 Å². The summed E-state index contributed by atoms with van der Waals surface area (Å²) in [5.74, 6) is 2.21. The summed E-state index contributed by atoms with van der Waals surface area (Å²) in [5.41, 5.74) is 7.69. The van der Waals surface area contributed by atoms with Crippen LogP contribution in [0.1, 0.15) is 26.7 Å². The van der Waals surface area contributed by atoms with Gasteiger partial charge in [0, 0.05) is 19.3 Å². The van der Waals surface area contributed by atoms with Crippen LogP contribution in [0, 0.1) is 0 Å². The number of nitrogen functional groups attached to an aromatic ring is 1. The molecule has 0 bridgehead atoms. The fourth-order valence-electron chi connectivity index (χ4n) is 2.23. The predicted molar refractivity (Wildman–Crippen MR) is 95.5 cm³/mol. The van der Waals surface area contributed by atoms with Gasteiger partial charge < -0.3 is 20.7 Å². The summed E-state index contributed by atoms with van der Waals surface area (Å²) in [5, 5.41) is 3.23. The van der Waals surface area contributed by atoms with Crippen molar-refractivity contribution in [1.82, 2.24) is 9.97 Å². The maximum absolute atomic E-state index is 6.23. The Labute approximate surface area is 137 Å². The van der Waals surface area contributed by atoms with E-state index in [4.69, 9.17) is 10.5 Å². The van der Waals surface area contributed by atoms with Crippen molar-refractivity contribution in [3.8, 4) is 5.75 Å². The molecular weight excluding hydrogens is 290 g/mol. The lowest BCUT2D eigenvalue weighted by atomic mass is 10.3. The quantitative estimate of drug-likeness (QED) is 0.777. The van der Waals surface area contributed by atoms with Gasteiger partial charge in [0.25, 0.3) is 0 Å². The highest BCUT2D eigenvalue weighted by molar-refractivity contribution is 5.78. The fourth-order valence-corrected chi connectivity index (χ4v) is 2.23. The highest BCUT2D eigenvalue weighted by atomic mass is 16.5. The number of rotatable bonds is 8. The zero-order valence-corrected chi connectivity index (χ0v) is 14.0. The molecule has 0 atom stereocenters. The molecule has 0 radical (unpaired) electrons. The Balaban J connectivity index is 2.13. The molecular formula is C17H25N5O. The maximum atomic E-state index is 6.23. The van der Waals surface area contributed by atoms with Crippen LogP contribution in [0.5, 0.6) is 5.75 Å². The minimum absolute atomic E-state index is 0.556. The number of nitrogens with two attached hydrogens (primary N) is 1. The number of aromatic nitrogens is 2. The first-order chi connectivity index (χ1) is 11.2. The number of anilines is 4. The minimum atomic E-state index is 0.556. The van der Waals surface area contributed by atoms with Gasteiger partial charge in [0.05, 0.1) is 6.61 Å². The predicted octanol–water partition coefficient (Wildman–Crippen LogP) is 3.44. The molecule has 0 aliphatic heterocycles. The van der Waals surface area contributed by atoms with Crippen molar-refractivity contribution in [2.45, 2.75) is 26.7 Å². The van der Waals surface area contributed by atoms with Gasteiger partial charge in [0.1, 0.15) is 17.8 Å². The van der Waals surface area contributed by atoms with Crippen molar-refractivity contribution in [1.29, 1.82) is 0 Å². The van der Waals surface area contributed by atoms with E-state index in [0.29, 0.717) is 18.1 Å². The van der Waals surface area contributed by atoms with E-state index in [-0.39, 0.29) is 0 Å². The number of hydrogen-bond acceptors (Lipinski definition) is 6. The third-order valence-corrected chi connectivity index (χ3v) is 3.50. The molecule has 1 aromatic heterocycles. The first-order valence-electron chi connectivity index (χ1n) is 7.97. The highest BCUT2D eigenvalue weighted by Gasteiger charge is 2.12. The second-order valence-electron chi connectivity index (χ2n) is 5.32. The molecule has 1 aromatic carbocycles. The lowest BCUT2D eigenvalue weighted by molar-refractivity contribution is 0.340. The van der Waals surface area contributed by atoms with Crippen LogP contribution >= 0.6 is 0 Å². The van der Waals surface area contributed by atoms with Gasteiger partial charge in [0.15, 0.2) is 11.6 Å². The smallest absolute Gasteiger partial charge is 0.159 e. The average molecular weight is 315 g/mol. The second-order valence-corrected chi connectivity index (χ2v) is 5.32. The minimum Gasteiger partial charge on any atom is -0.494 e. The number of unbranched alkanes of at least 4 members (excludes halogenated alkanes) is 1. The molecule has 0 aliphatic rings. The lowest BCUT2D eigenvalue weighted by Gasteiger charge is -2.20. The molecule has 2 rings (SSSR count). The molecule has 124 valence electrons. The molecule has 6 heteroatoms. The second kappa shape index (κ2) is 8.22. The molecule has 0 saturated heterocycles. The first kappa shape index (κ1) is 16.9.